The molecule has 27 heavy (non-hydrogen) atoms. The number of hydrogen-bond donors (Lipinski definition) is 0. The molecule has 0 saturated carbocycles. The zero-order valence-electron chi connectivity index (χ0n) is 14.2. The van der Waals surface area contributed by atoms with Crippen molar-refractivity contribution in [1.29, 1.82) is 0 Å². The summed E-state index contributed by atoms with van der Waals surface area (Å²) in [7, 11) is 0. The minimum absolute atomic E-state index is 0.542. The van der Waals surface area contributed by atoms with Crippen molar-refractivity contribution in [2.75, 3.05) is 5.01 Å². The van der Waals surface area contributed by atoms with Crippen LogP contribution in [0, 0.1) is 0 Å². The first-order valence-electron chi connectivity index (χ1n) is 8.19. The van der Waals surface area contributed by atoms with Gasteiger partial charge in [0.1, 0.15) is 5.71 Å². The molecule has 2 heterocycles. The van der Waals surface area contributed by atoms with Gasteiger partial charge in [0.15, 0.2) is 0 Å². The predicted octanol–water partition coefficient (Wildman–Crippen LogP) is 5.63. The lowest BCUT2D eigenvalue weighted by atomic mass is 10.1. The summed E-state index contributed by atoms with van der Waals surface area (Å²) in [5, 5.41) is 12.1. The number of rotatable bonds is 3. The molecular formula is C21H14Cl2N4. The fourth-order valence-corrected chi connectivity index (χ4v) is 3.16. The molecular weight excluding hydrogens is 379 g/mol. The van der Waals surface area contributed by atoms with Crippen LogP contribution in [-0.4, -0.2) is 15.5 Å². The number of anilines is 1. The van der Waals surface area contributed by atoms with Crippen LogP contribution in [0.3, 0.4) is 0 Å². The van der Waals surface area contributed by atoms with Gasteiger partial charge in [-0.15, -0.1) is 5.73 Å². The molecule has 0 aliphatic carbocycles. The van der Waals surface area contributed by atoms with Gasteiger partial charge in [-0.3, -0.25) is 0 Å². The highest BCUT2D eigenvalue weighted by molar-refractivity contribution is 6.34. The standard InChI is InChI=1S/C21H14Cl2N4/c1-2-15-11-13-26(17-6-4-3-5-7-17)25-21(15)19-10-12-24-27(19)20-14-16(22)8-9-18(20)23/h3-14H,1H2. The van der Waals surface area contributed by atoms with Gasteiger partial charge < -0.3 is 0 Å². The van der Waals surface area contributed by atoms with Gasteiger partial charge in [-0.05, 0) is 42.5 Å². The largest absolute Gasteiger partial charge is 0.240 e. The SMILES string of the molecule is C=C=C1C=CN(c2ccccc2)N=C1c1ccnn1-c1cc(Cl)ccc1Cl. The fraction of sp³-hybridized carbons (Fsp3) is 0. The van der Waals surface area contributed by atoms with Gasteiger partial charge in [-0.2, -0.15) is 10.2 Å². The monoisotopic (exact) mass is 392 g/mol. The van der Waals surface area contributed by atoms with Crippen LogP contribution in [0.2, 0.25) is 10.0 Å². The Kier molecular flexibility index (Phi) is 4.69. The molecule has 4 rings (SSSR count). The third kappa shape index (κ3) is 3.34. The van der Waals surface area contributed by atoms with Crippen LogP contribution in [0.15, 0.2) is 96.1 Å². The lowest BCUT2D eigenvalue weighted by molar-refractivity contribution is 0.868. The predicted molar refractivity (Wildman–Crippen MR) is 111 cm³/mol. The number of hydrogen-bond acceptors (Lipinski definition) is 3. The van der Waals surface area contributed by atoms with Crippen LogP contribution in [0.4, 0.5) is 5.69 Å². The molecule has 0 unspecified atom stereocenters. The van der Waals surface area contributed by atoms with Gasteiger partial charge in [0.05, 0.1) is 28.3 Å². The van der Waals surface area contributed by atoms with E-state index in [4.69, 9.17) is 28.3 Å². The van der Waals surface area contributed by atoms with Crippen LogP contribution >= 0.6 is 23.2 Å². The zero-order valence-corrected chi connectivity index (χ0v) is 15.7. The van der Waals surface area contributed by atoms with Gasteiger partial charge in [-0.1, -0.05) is 48.0 Å². The Morgan fingerprint density at radius 3 is 2.59 bits per heavy atom. The van der Waals surface area contributed by atoms with Crippen molar-refractivity contribution in [3.8, 4) is 5.69 Å². The minimum Gasteiger partial charge on any atom is -0.240 e. The van der Waals surface area contributed by atoms with Crippen LogP contribution in [-0.2, 0) is 0 Å². The molecule has 132 valence electrons. The Morgan fingerprint density at radius 2 is 1.81 bits per heavy atom. The molecule has 6 heteroatoms. The van der Waals surface area contributed by atoms with E-state index in [1.54, 1.807) is 34.1 Å². The molecule has 3 aromatic rings. The summed E-state index contributed by atoms with van der Waals surface area (Å²) in [6.45, 7) is 3.79. The van der Waals surface area contributed by atoms with Gasteiger partial charge >= 0.3 is 0 Å². The van der Waals surface area contributed by atoms with Crippen LogP contribution in [0.5, 0.6) is 0 Å². The van der Waals surface area contributed by atoms with Gasteiger partial charge in [0.25, 0.3) is 0 Å². The molecule has 0 radical (unpaired) electrons. The Labute approximate surface area is 166 Å². The zero-order chi connectivity index (χ0) is 18.8. The molecule has 0 amide bonds. The molecule has 2 aromatic carbocycles. The Bertz CT molecular complexity index is 1110. The van der Waals surface area contributed by atoms with Gasteiger partial charge in [-0.25, -0.2) is 9.69 Å². The Hall–Kier alpha value is -3.04. The summed E-state index contributed by atoms with van der Waals surface area (Å²) >= 11 is 12.5. The number of hydrazone groups is 1. The fourth-order valence-electron chi connectivity index (χ4n) is 2.80. The van der Waals surface area contributed by atoms with E-state index in [1.165, 1.54) is 0 Å². The summed E-state index contributed by atoms with van der Waals surface area (Å²) in [4.78, 5) is 0. The molecule has 1 aliphatic rings. The van der Waals surface area contributed by atoms with Crippen molar-refractivity contribution in [3.63, 3.8) is 0 Å². The van der Waals surface area contributed by atoms with Crippen LogP contribution < -0.4 is 5.01 Å². The Morgan fingerprint density at radius 1 is 1.00 bits per heavy atom. The maximum Gasteiger partial charge on any atom is 0.125 e. The molecule has 1 aliphatic heterocycles. The highest BCUT2D eigenvalue weighted by atomic mass is 35.5. The summed E-state index contributed by atoms with van der Waals surface area (Å²) in [5.41, 5.74) is 6.77. The topological polar surface area (TPSA) is 33.4 Å². The average Bonchev–Trinajstić information content (AvgIpc) is 3.19. The third-order valence-corrected chi connectivity index (χ3v) is 4.63. The van der Waals surface area contributed by atoms with Crippen molar-refractivity contribution in [1.82, 2.24) is 9.78 Å². The second-order valence-electron chi connectivity index (χ2n) is 5.76. The first kappa shape index (κ1) is 17.4. The smallest absolute Gasteiger partial charge is 0.125 e. The summed E-state index contributed by atoms with van der Waals surface area (Å²) in [6.07, 6.45) is 5.49. The van der Waals surface area contributed by atoms with E-state index < -0.39 is 0 Å². The van der Waals surface area contributed by atoms with Crippen LogP contribution in [0.1, 0.15) is 5.69 Å². The molecule has 0 saturated heterocycles. The maximum absolute atomic E-state index is 6.37. The van der Waals surface area contributed by atoms with Crippen molar-refractivity contribution >= 4 is 34.6 Å². The second-order valence-corrected chi connectivity index (χ2v) is 6.60. The Balaban J connectivity index is 1.85. The molecule has 0 atom stereocenters. The second kappa shape index (κ2) is 7.29. The quantitative estimate of drug-likeness (QED) is 0.541. The molecule has 0 fully saturated rings. The molecule has 0 N–H and O–H groups in total. The minimum atomic E-state index is 0.542. The number of halogens is 2. The first-order chi connectivity index (χ1) is 13.2. The highest BCUT2D eigenvalue weighted by Gasteiger charge is 2.20. The van der Waals surface area contributed by atoms with E-state index in [0.717, 1.165) is 17.0 Å². The molecule has 4 nitrogen and oxygen atoms in total. The van der Waals surface area contributed by atoms with Gasteiger partial charge in [0.2, 0.25) is 0 Å². The third-order valence-electron chi connectivity index (χ3n) is 4.08. The van der Waals surface area contributed by atoms with E-state index in [-0.39, 0.29) is 0 Å². The number of aromatic nitrogens is 2. The average molecular weight is 393 g/mol. The van der Waals surface area contributed by atoms with E-state index in [2.05, 4.69) is 17.4 Å². The summed E-state index contributed by atoms with van der Waals surface area (Å²) in [5.74, 6) is 0. The normalized spacial score (nSPS) is 13.5. The van der Waals surface area contributed by atoms with Crippen molar-refractivity contribution < 1.29 is 0 Å². The summed E-state index contributed by atoms with van der Waals surface area (Å²) in [6, 6.07) is 17.0. The van der Waals surface area contributed by atoms with Crippen molar-refractivity contribution in [2.45, 2.75) is 0 Å². The number of nitrogens with zero attached hydrogens (tertiary/aromatic N) is 4. The van der Waals surface area contributed by atoms with Crippen LogP contribution in [0.25, 0.3) is 5.69 Å². The maximum atomic E-state index is 6.37. The van der Waals surface area contributed by atoms with E-state index in [9.17, 15) is 0 Å². The highest BCUT2D eigenvalue weighted by Crippen LogP contribution is 2.27. The van der Waals surface area contributed by atoms with Crippen molar-refractivity contribution in [3.05, 3.63) is 107 Å². The first-order valence-corrected chi connectivity index (χ1v) is 8.94. The van der Waals surface area contributed by atoms with E-state index >= 15 is 0 Å². The van der Waals surface area contributed by atoms with E-state index in [1.807, 2.05) is 48.7 Å². The van der Waals surface area contributed by atoms with E-state index in [0.29, 0.717) is 21.4 Å². The molecule has 1 aromatic heterocycles. The lowest BCUT2D eigenvalue weighted by Crippen LogP contribution is -2.21. The number of allylic oxidation sites excluding steroid dienone is 2. The molecule has 0 spiro atoms. The summed E-state index contributed by atoms with van der Waals surface area (Å²) < 4.78 is 1.72. The van der Waals surface area contributed by atoms with Gasteiger partial charge in [0, 0.05) is 16.8 Å². The number of para-hydroxylation sites is 1. The number of benzene rings is 2. The lowest BCUT2D eigenvalue weighted by Gasteiger charge is -2.21. The molecule has 0 bridgehead atoms. The van der Waals surface area contributed by atoms with Crippen molar-refractivity contribution in [2.24, 2.45) is 5.10 Å².